The number of nitriles is 1. The van der Waals surface area contributed by atoms with Crippen molar-refractivity contribution in [3.8, 4) is 6.07 Å². The summed E-state index contributed by atoms with van der Waals surface area (Å²) in [4.78, 5) is 11.6. The molecule has 0 aliphatic rings. The number of hydrogen-bond donors (Lipinski definition) is 1. The van der Waals surface area contributed by atoms with Crippen molar-refractivity contribution in [3.63, 3.8) is 0 Å². The second-order valence-corrected chi connectivity index (χ2v) is 5.11. The largest absolute Gasteiger partial charge is 0.462 e. The molecule has 0 saturated heterocycles. The summed E-state index contributed by atoms with van der Waals surface area (Å²) < 4.78 is 18.7. The maximum atomic E-state index is 13.6. The fourth-order valence-electron chi connectivity index (χ4n) is 1.81. The van der Waals surface area contributed by atoms with Crippen molar-refractivity contribution in [1.82, 2.24) is 0 Å². The van der Waals surface area contributed by atoms with E-state index >= 15 is 0 Å². The third kappa shape index (κ3) is 3.43. The Hall–Kier alpha value is -2.39. The molecule has 0 saturated carbocycles. The molecule has 0 spiro atoms. The molecule has 2 rings (SSSR count). The molecule has 0 radical (unpaired) electrons. The molecule has 2 aromatic rings. The third-order valence-corrected chi connectivity index (χ3v) is 3.66. The molecular formula is C16H12BrFN2O2. The van der Waals surface area contributed by atoms with Crippen LogP contribution in [0.15, 0.2) is 40.9 Å². The van der Waals surface area contributed by atoms with Crippen LogP contribution in [0.1, 0.15) is 22.8 Å². The van der Waals surface area contributed by atoms with Gasteiger partial charge in [0.15, 0.2) is 0 Å². The van der Waals surface area contributed by atoms with E-state index in [1.807, 2.05) is 6.07 Å². The summed E-state index contributed by atoms with van der Waals surface area (Å²) in [7, 11) is 0. The summed E-state index contributed by atoms with van der Waals surface area (Å²) in [5, 5.41) is 12.1. The first kappa shape index (κ1) is 16.0. The molecule has 22 heavy (non-hydrogen) atoms. The number of benzene rings is 2. The number of carbonyl (C=O) groups excluding carboxylic acids is 1. The number of nitrogens with zero attached hydrogens (tertiary/aromatic N) is 1. The van der Waals surface area contributed by atoms with E-state index < -0.39 is 11.8 Å². The fraction of sp³-hybridized carbons (Fsp3) is 0.125. The maximum absolute atomic E-state index is 13.6. The van der Waals surface area contributed by atoms with Gasteiger partial charge in [0.05, 0.1) is 27.9 Å². The highest BCUT2D eigenvalue weighted by Gasteiger charge is 2.12. The van der Waals surface area contributed by atoms with Crippen LogP contribution in [-0.2, 0) is 4.74 Å². The number of halogens is 2. The summed E-state index contributed by atoms with van der Waals surface area (Å²) in [6.45, 7) is 2.04. The van der Waals surface area contributed by atoms with E-state index in [-0.39, 0.29) is 4.47 Å². The lowest BCUT2D eigenvalue weighted by Gasteiger charge is -2.11. The first-order valence-electron chi connectivity index (χ1n) is 6.49. The van der Waals surface area contributed by atoms with Crippen LogP contribution in [0, 0.1) is 17.1 Å². The van der Waals surface area contributed by atoms with E-state index in [1.54, 1.807) is 31.2 Å². The van der Waals surface area contributed by atoms with Gasteiger partial charge < -0.3 is 10.1 Å². The lowest BCUT2D eigenvalue weighted by Crippen LogP contribution is -2.04. The van der Waals surface area contributed by atoms with Crippen LogP contribution >= 0.6 is 15.9 Å². The quantitative estimate of drug-likeness (QED) is 0.819. The second-order valence-electron chi connectivity index (χ2n) is 4.32. The highest BCUT2D eigenvalue weighted by Crippen LogP contribution is 2.31. The van der Waals surface area contributed by atoms with Crippen molar-refractivity contribution in [2.75, 3.05) is 11.9 Å². The monoisotopic (exact) mass is 362 g/mol. The van der Waals surface area contributed by atoms with Crippen LogP contribution < -0.4 is 5.32 Å². The average Bonchev–Trinajstić information content (AvgIpc) is 2.53. The van der Waals surface area contributed by atoms with Gasteiger partial charge >= 0.3 is 5.97 Å². The Labute approximate surface area is 135 Å². The predicted octanol–water partition coefficient (Wildman–Crippen LogP) is 4.38. The molecule has 0 amide bonds. The normalized spacial score (nSPS) is 9.91. The Bertz CT molecular complexity index is 739. The molecule has 2 aromatic carbocycles. The van der Waals surface area contributed by atoms with Gasteiger partial charge in [-0.25, -0.2) is 9.18 Å². The zero-order valence-corrected chi connectivity index (χ0v) is 13.3. The molecule has 112 valence electrons. The molecule has 0 unspecified atom stereocenters. The van der Waals surface area contributed by atoms with Crippen molar-refractivity contribution >= 4 is 33.3 Å². The standard InChI is InChI=1S/C16H12BrFN2O2/c1-2-22-16(21)10-3-6-12(7-4-10)20-15-11(9-19)5-8-13(18)14(15)17/h3-8,20H,2H2,1H3. The van der Waals surface area contributed by atoms with Gasteiger partial charge in [0.1, 0.15) is 11.9 Å². The molecule has 0 aromatic heterocycles. The number of rotatable bonds is 4. The van der Waals surface area contributed by atoms with Crippen molar-refractivity contribution in [3.05, 3.63) is 57.8 Å². The Morgan fingerprint density at radius 1 is 1.32 bits per heavy atom. The highest BCUT2D eigenvalue weighted by atomic mass is 79.9. The summed E-state index contributed by atoms with van der Waals surface area (Å²) in [5.74, 6) is -0.872. The lowest BCUT2D eigenvalue weighted by atomic mass is 10.1. The minimum atomic E-state index is -0.468. The molecule has 1 N–H and O–H groups in total. The van der Waals surface area contributed by atoms with Crippen LogP contribution in [0.2, 0.25) is 0 Å². The summed E-state index contributed by atoms with van der Waals surface area (Å²) in [6, 6.07) is 11.1. The smallest absolute Gasteiger partial charge is 0.338 e. The molecule has 0 aliphatic carbocycles. The van der Waals surface area contributed by atoms with Gasteiger partial charge in [-0.2, -0.15) is 5.26 Å². The van der Waals surface area contributed by atoms with Crippen LogP contribution in [0.25, 0.3) is 0 Å². The zero-order valence-electron chi connectivity index (χ0n) is 11.7. The van der Waals surface area contributed by atoms with Crippen molar-refractivity contribution in [1.29, 1.82) is 5.26 Å². The first-order chi connectivity index (χ1) is 10.6. The van der Waals surface area contributed by atoms with Gasteiger partial charge in [-0.1, -0.05) is 0 Å². The Morgan fingerprint density at radius 3 is 2.59 bits per heavy atom. The third-order valence-electron chi connectivity index (χ3n) is 2.88. The Balaban J connectivity index is 2.27. The average molecular weight is 363 g/mol. The maximum Gasteiger partial charge on any atom is 0.338 e. The van der Waals surface area contributed by atoms with Gasteiger partial charge in [-0.05, 0) is 59.3 Å². The molecule has 0 fully saturated rings. The predicted molar refractivity (Wildman–Crippen MR) is 84.5 cm³/mol. The zero-order chi connectivity index (χ0) is 16.1. The van der Waals surface area contributed by atoms with Crippen LogP contribution in [0.4, 0.5) is 15.8 Å². The Kier molecular flexibility index (Phi) is 5.12. The van der Waals surface area contributed by atoms with E-state index in [0.29, 0.717) is 29.1 Å². The second kappa shape index (κ2) is 7.05. The van der Waals surface area contributed by atoms with Crippen molar-refractivity contribution < 1.29 is 13.9 Å². The molecule has 4 nitrogen and oxygen atoms in total. The topological polar surface area (TPSA) is 62.1 Å². The molecule has 6 heteroatoms. The number of esters is 1. The minimum absolute atomic E-state index is 0.181. The number of hydrogen-bond acceptors (Lipinski definition) is 4. The van der Waals surface area contributed by atoms with E-state index in [0.717, 1.165) is 0 Å². The van der Waals surface area contributed by atoms with Crippen LogP contribution in [-0.4, -0.2) is 12.6 Å². The van der Waals surface area contributed by atoms with Gasteiger partial charge in [-0.15, -0.1) is 0 Å². The molecule has 0 bridgehead atoms. The van der Waals surface area contributed by atoms with E-state index in [9.17, 15) is 9.18 Å². The van der Waals surface area contributed by atoms with Gasteiger partial charge in [0.25, 0.3) is 0 Å². The number of carbonyl (C=O) groups is 1. The van der Waals surface area contributed by atoms with Crippen LogP contribution in [0.3, 0.4) is 0 Å². The van der Waals surface area contributed by atoms with Gasteiger partial charge in [0.2, 0.25) is 0 Å². The molecule has 0 heterocycles. The Morgan fingerprint density at radius 2 is 2.00 bits per heavy atom. The van der Waals surface area contributed by atoms with Crippen molar-refractivity contribution in [2.24, 2.45) is 0 Å². The highest BCUT2D eigenvalue weighted by molar-refractivity contribution is 9.10. The van der Waals surface area contributed by atoms with E-state index in [1.165, 1.54) is 12.1 Å². The summed E-state index contributed by atoms with van der Waals surface area (Å²) in [5.41, 5.74) is 1.69. The van der Waals surface area contributed by atoms with Gasteiger partial charge in [-0.3, -0.25) is 0 Å². The summed E-state index contributed by atoms with van der Waals surface area (Å²) >= 11 is 3.12. The molecule has 0 atom stereocenters. The van der Waals surface area contributed by atoms with E-state index in [4.69, 9.17) is 10.00 Å². The lowest BCUT2D eigenvalue weighted by molar-refractivity contribution is 0.0526. The summed E-state index contributed by atoms with van der Waals surface area (Å²) in [6.07, 6.45) is 0. The minimum Gasteiger partial charge on any atom is -0.462 e. The van der Waals surface area contributed by atoms with Gasteiger partial charge in [0, 0.05) is 5.69 Å². The molecule has 0 aliphatic heterocycles. The number of anilines is 2. The molecular weight excluding hydrogens is 351 g/mol. The van der Waals surface area contributed by atoms with Crippen molar-refractivity contribution in [2.45, 2.75) is 6.92 Å². The SMILES string of the molecule is CCOC(=O)c1ccc(Nc2c(C#N)ccc(F)c2Br)cc1. The number of ether oxygens (including phenoxy) is 1. The number of nitrogens with one attached hydrogen (secondary N) is 1. The first-order valence-corrected chi connectivity index (χ1v) is 7.28. The van der Waals surface area contributed by atoms with E-state index in [2.05, 4.69) is 21.2 Å². The fourth-order valence-corrected chi connectivity index (χ4v) is 2.26. The van der Waals surface area contributed by atoms with Crippen LogP contribution in [0.5, 0.6) is 0 Å².